The van der Waals surface area contributed by atoms with E-state index in [0.717, 1.165) is 6.08 Å². The number of hydrogen-bond acceptors (Lipinski definition) is 4. The van der Waals surface area contributed by atoms with Gasteiger partial charge in [0.1, 0.15) is 5.76 Å². The molecule has 0 spiro atoms. The molecule has 0 aromatic rings. The van der Waals surface area contributed by atoms with Crippen LogP contribution in [-0.2, 0) is 14.3 Å². The fraction of sp³-hybridized carbons (Fsp3) is 0.143. The van der Waals surface area contributed by atoms with Crippen LogP contribution >= 0.6 is 0 Å². The van der Waals surface area contributed by atoms with Crippen molar-refractivity contribution in [2.24, 2.45) is 0 Å². The van der Waals surface area contributed by atoms with E-state index in [9.17, 15) is 14.7 Å². The van der Waals surface area contributed by atoms with E-state index >= 15 is 0 Å². The molecule has 0 atom stereocenters. The molecule has 1 aliphatic heterocycles. The van der Waals surface area contributed by atoms with E-state index in [1.165, 1.54) is 6.08 Å². The zero-order valence-electron chi connectivity index (χ0n) is 5.79. The van der Waals surface area contributed by atoms with Gasteiger partial charge in [-0.2, -0.15) is 0 Å². The highest BCUT2D eigenvalue weighted by Gasteiger charge is 2.15. The maximum Gasteiger partial charge on any atom is 0.339 e. The average molecular weight is 153 g/mol. The van der Waals surface area contributed by atoms with Crippen LogP contribution in [0.15, 0.2) is 23.5 Å². The number of esters is 1. The monoisotopic (exact) mass is 153 g/mol. The predicted octanol–water partition coefficient (Wildman–Crippen LogP) is -0.877. The lowest BCUT2D eigenvalue weighted by Crippen LogP contribution is -2.19. The van der Waals surface area contributed by atoms with Crippen LogP contribution in [0.3, 0.4) is 0 Å². The molecule has 0 aromatic heterocycles. The maximum absolute atomic E-state index is 10.6. The Morgan fingerprint density at radius 2 is 2.36 bits per heavy atom. The number of aliphatic carboxylic acids is 1. The summed E-state index contributed by atoms with van der Waals surface area (Å²) in [6.45, 7) is 1.54. The summed E-state index contributed by atoms with van der Waals surface area (Å²) in [4.78, 5) is 20.6. The van der Waals surface area contributed by atoms with Gasteiger partial charge < -0.3 is 14.6 Å². The van der Waals surface area contributed by atoms with E-state index in [2.05, 4.69) is 4.74 Å². The molecule has 0 unspecified atom stereocenters. The highest BCUT2D eigenvalue weighted by molar-refractivity contribution is 5.93. The first-order valence-corrected chi connectivity index (χ1v) is 2.93. The van der Waals surface area contributed by atoms with Crippen molar-refractivity contribution in [2.75, 3.05) is 0 Å². The fourth-order valence-corrected chi connectivity index (χ4v) is 0.677. The highest BCUT2D eigenvalue weighted by atomic mass is 16.5. The summed E-state index contributed by atoms with van der Waals surface area (Å²) in [5, 5.41) is 9.96. The molecule has 11 heavy (non-hydrogen) atoms. The number of carbonyl (C=O) groups is 2. The number of rotatable bonds is 1. The number of carbonyl (C=O) groups excluding carboxylic acids is 2. The van der Waals surface area contributed by atoms with E-state index < -0.39 is 11.9 Å². The van der Waals surface area contributed by atoms with Crippen LogP contribution in [-0.4, -0.2) is 11.9 Å². The molecule has 0 N–H and O–H groups in total. The van der Waals surface area contributed by atoms with Crippen LogP contribution in [0.25, 0.3) is 0 Å². The summed E-state index contributed by atoms with van der Waals surface area (Å²) in [5.41, 5.74) is 0.387. The highest BCUT2D eigenvalue weighted by Crippen LogP contribution is 2.15. The molecule has 4 heteroatoms. The Bertz CT molecular complexity index is 272. The van der Waals surface area contributed by atoms with Gasteiger partial charge in [0.2, 0.25) is 0 Å². The first-order chi connectivity index (χ1) is 5.09. The number of hydrogen-bond donors (Lipinski definition) is 0. The number of carboxylic acid groups (broad SMARTS) is 1. The van der Waals surface area contributed by atoms with Gasteiger partial charge in [0, 0.05) is 11.6 Å². The second-order valence-electron chi connectivity index (χ2n) is 2.08. The van der Waals surface area contributed by atoms with E-state index in [1.807, 2.05) is 0 Å². The van der Waals surface area contributed by atoms with Crippen LogP contribution in [0.2, 0.25) is 0 Å². The third-order valence-corrected chi connectivity index (χ3v) is 1.15. The smallest absolute Gasteiger partial charge is 0.339 e. The first-order valence-electron chi connectivity index (χ1n) is 2.93. The van der Waals surface area contributed by atoms with Crippen molar-refractivity contribution in [3.8, 4) is 0 Å². The van der Waals surface area contributed by atoms with Crippen molar-refractivity contribution in [2.45, 2.75) is 6.92 Å². The van der Waals surface area contributed by atoms with Crippen LogP contribution < -0.4 is 5.11 Å². The van der Waals surface area contributed by atoms with Gasteiger partial charge >= 0.3 is 5.97 Å². The van der Waals surface area contributed by atoms with Gasteiger partial charge in [-0.3, -0.25) is 0 Å². The van der Waals surface area contributed by atoms with E-state index in [1.54, 1.807) is 6.92 Å². The van der Waals surface area contributed by atoms with Crippen molar-refractivity contribution < 1.29 is 19.4 Å². The molecule has 1 heterocycles. The minimum absolute atomic E-state index is 0.0208. The Balaban J connectivity index is 2.83. The molecule has 4 nitrogen and oxygen atoms in total. The minimum atomic E-state index is -1.38. The van der Waals surface area contributed by atoms with Crippen LogP contribution in [0, 0.1) is 0 Å². The summed E-state index contributed by atoms with van der Waals surface area (Å²) >= 11 is 0. The predicted molar refractivity (Wildman–Crippen MR) is 32.9 cm³/mol. The number of carboxylic acids is 1. The second-order valence-corrected chi connectivity index (χ2v) is 2.08. The van der Waals surface area contributed by atoms with Gasteiger partial charge in [-0.15, -0.1) is 0 Å². The standard InChI is InChI=1S/C7H6O4/c1-4-2-5(3-6(8)9)11-7(4)10/h2-3H,1H3,(H,8,9)/p-1/b5-3+. The molecule has 0 fully saturated rings. The van der Waals surface area contributed by atoms with Gasteiger partial charge in [-0.25, -0.2) is 4.79 Å². The minimum Gasteiger partial charge on any atom is -0.545 e. The molecule has 0 radical (unpaired) electrons. The quantitative estimate of drug-likeness (QED) is 0.362. The van der Waals surface area contributed by atoms with E-state index in [0.29, 0.717) is 5.57 Å². The third-order valence-electron chi connectivity index (χ3n) is 1.15. The van der Waals surface area contributed by atoms with Gasteiger partial charge in [-0.05, 0) is 13.0 Å². The lowest BCUT2D eigenvalue weighted by Gasteiger charge is -1.95. The Labute approximate surface area is 62.8 Å². The molecule has 0 saturated carbocycles. The van der Waals surface area contributed by atoms with E-state index in [4.69, 9.17) is 0 Å². The van der Waals surface area contributed by atoms with Crippen LogP contribution in [0.4, 0.5) is 0 Å². The van der Waals surface area contributed by atoms with Crippen molar-refractivity contribution in [1.29, 1.82) is 0 Å². The topological polar surface area (TPSA) is 66.4 Å². The number of ether oxygens (including phenoxy) is 1. The maximum atomic E-state index is 10.6. The molecule has 0 aromatic carbocycles. The molecule has 58 valence electrons. The molecule has 0 bridgehead atoms. The van der Waals surface area contributed by atoms with Gasteiger partial charge in [-0.1, -0.05) is 0 Å². The SMILES string of the molecule is CC1=C/C(=C\C(=O)[O-])OC1=O. The van der Waals surface area contributed by atoms with Crippen molar-refractivity contribution >= 4 is 11.9 Å². The molecule has 1 rings (SSSR count). The van der Waals surface area contributed by atoms with Crippen molar-refractivity contribution in [3.05, 3.63) is 23.5 Å². The summed E-state index contributed by atoms with van der Waals surface area (Å²) in [7, 11) is 0. The largest absolute Gasteiger partial charge is 0.545 e. The third kappa shape index (κ3) is 1.67. The zero-order valence-corrected chi connectivity index (χ0v) is 5.79. The fourth-order valence-electron chi connectivity index (χ4n) is 0.677. The Kier molecular flexibility index (Phi) is 1.76. The van der Waals surface area contributed by atoms with Crippen molar-refractivity contribution in [3.63, 3.8) is 0 Å². The molecular formula is C7H5O4-. The molecule has 0 amide bonds. The lowest BCUT2D eigenvalue weighted by molar-refractivity contribution is -0.297. The second kappa shape index (κ2) is 2.57. The van der Waals surface area contributed by atoms with Gasteiger partial charge in [0.05, 0.1) is 5.97 Å². The summed E-state index contributed by atoms with van der Waals surface area (Å²) in [5.74, 6) is -1.87. The Morgan fingerprint density at radius 3 is 2.73 bits per heavy atom. The van der Waals surface area contributed by atoms with E-state index in [-0.39, 0.29) is 5.76 Å². The molecule has 0 aliphatic carbocycles. The Hall–Kier alpha value is -1.58. The van der Waals surface area contributed by atoms with Gasteiger partial charge in [0.25, 0.3) is 0 Å². The first kappa shape index (κ1) is 7.53. The number of allylic oxidation sites excluding steroid dienone is 1. The van der Waals surface area contributed by atoms with Crippen molar-refractivity contribution in [1.82, 2.24) is 0 Å². The zero-order chi connectivity index (χ0) is 8.43. The average Bonchev–Trinajstić information content (AvgIpc) is 2.10. The summed E-state index contributed by atoms with van der Waals surface area (Å²) in [6.07, 6.45) is 2.08. The summed E-state index contributed by atoms with van der Waals surface area (Å²) < 4.78 is 4.49. The van der Waals surface area contributed by atoms with Crippen LogP contribution in [0.1, 0.15) is 6.92 Å². The van der Waals surface area contributed by atoms with Gasteiger partial charge in [0.15, 0.2) is 0 Å². The normalized spacial score (nSPS) is 19.9. The summed E-state index contributed by atoms with van der Waals surface area (Å²) in [6, 6.07) is 0. The molecule has 0 saturated heterocycles. The van der Waals surface area contributed by atoms with Crippen LogP contribution in [0.5, 0.6) is 0 Å². The number of cyclic esters (lactones) is 1. The molecule has 1 aliphatic rings. The molecular weight excluding hydrogens is 148 g/mol. The Morgan fingerprint density at radius 1 is 1.73 bits per heavy atom. The lowest BCUT2D eigenvalue weighted by atomic mass is 10.3.